The molecule has 0 aliphatic rings. The molecule has 12 heteroatoms. The summed E-state index contributed by atoms with van der Waals surface area (Å²) in [4.78, 5) is 19.7. The Morgan fingerprint density at radius 2 is 1.97 bits per heavy atom. The highest BCUT2D eigenvalue weighted by atomic mass is 35.5. The van der Waals surface area contributed by atoms with Crippen LogP contribution >= 0.6 is 11.6 Å². The number of ether oxygens (including phenoxy) is 1. The van der Waals surface area contributed by atoms with Crippen LogP contribution < -0.4 is 26.8 Å². The first kappa shape index (κ1) is 24.1. The van der Waals surface area contributed by atoms with E-state index in [4.69, 9.17) is 38.3 Å². The number of nitrogens with one attached hydrogen (secondary N) is 3. The Bertz CT molecular complexity index is 913. The zero-order valence-corrected chi connectivity index (χ0v) is 17.5. The van der Waals surface area contributed by atoms with Gasteiger partial charge in [0, 0.05) is 6.54 Å². The summed E-state index contributed by atoms with van der Waals surface area (Å²) in [6.45, 7) is 0.107. The van der Waals surface area contributed by atoms with Crippen molar-refractivity contribution in [2.75, 3.05) is 31.2 Å². The van der Waals surface area contributed by atoms with Gasteiger partial charge in [0.25, 0.3) is 5.91 Å². The smallest absolute Gasteiger partial charge is 0.280 e. The monoisotopic (exact) mass is 451 g/mol. The number of para-hydroxylation sites is 1. The number of anilines is 2. The first-order valence-corrected chi connectivity index (χ1v) is 9.91. The van der Waals surface area contributed by atoms with Crippen molar-refractivity contribution >= 4 is 35.1 Å². The summed E-state index contributed by atoms with van der Waals surface area (Å²) in [7, 11) is 0. The Hall–Kier alpha value is -3.15. The number of carbonyl (C=O) groups excluding carboxylic acids is 1. The van der Waals surface area contributed by atoms with Gasteiger partial charge in [-0.05, 0) is 30.9 Å². The number of guanidine groups is 1. The van der Waals surface area contributed by atoms with Gasteiger partial charge in [-0.1, -0.05) is 29.8 Å². The maximum Gasteiger partial charge on any atom is 0.280 e. The maximum atomic E-state index is 12.2. The number of unbranched alkanes of at least 4 members (excludes halogenated alkanes) is 1. The van der Waals surface area contributed by atoms with Crippen molar-refractivity contribution in [1.82, 2.24) is 20.6 Å². The van der Waals surface area contributed by atoms with E-state index in [9.17, 15) is 9.90 Å². The van der Waals surface area contributed by atoms with Crippen LogP contribution in [0.2, 0.25) is 5.15 Å². The fourth-order valence-electron chi connectivity index (χ4n) is 2.57. The molecule has 1 amide bonds. The predicted octanol–water partition coefficient (Wildman–Crippen LogP) is 0.303. The molecule has 31 heavy (non-hydrogen) atoms. The standard InChI is InChI=1S/C19H26ClN7O4/c20-15-17(22)26-16(21)14(25-15)18(30)27-19(23)24-8-4-3-6-11-5-1-2-7-13(11)31-10-12(29)9-28/h1-2,5,7,12,28-29H,3-4,6,8-10H2,(H4,21,22,26)(H3,23,24,27,30). The number of hydrogen-bond donors (Lipinski definition) is 7. The zero-order chi connectivity index (χ0) is 22.8. The molecule has 2 aromatic rings. The Morgan fingerprint density at radius 1 is 1.23 bits per heavy atom. The number of amides is 1. The lowest BCUT2D eigenvalue weighted by Gasteiger charge is -2.14. The third-order valence-corrected chi connectivity index (χ3v) is 4.43. The normalized spacial score (nSPS) is 11.6. The minimum absolute atomic E-state index is 0.0139. The van der Waals surface area contributed by atoms with Crippen molar-refractivity contribution < 1.29 is 19.7 Å². The molecule has 1 unspecified atom stereocenters. The van der Waals surface area contributed by atoms with Crippen LogP contribution in [0.4, 0.5) is 11.6 Å². The number of halogens is 1. The Morgan fingerprint density at radius 3 is 2.71 bits per heavy atom. The number of nitrogen functional groups attached to an aromatic ring is 2. The fourth-order valence-corrected chi connectivity index (χ4v) is 2.70. The molecule has 9 N–H and O–H groups in total. The first-order valence-electron chi connectivity index (χ1n) is 9.53. The number of hydrogen-bond acceptors (Lipinski definition) is 9. The lowest BCUT2D eigenvalue weighted by molar-refractivity contribution is 0.0533. The van der Waals surface area contributed by atoms with Gasteiger partial charge in [0.2, 0.25) is 0 Å². The van der Waals surface area contributed by atoms with Crippen LogP contribution in [0.1, 0.15) is 28.9 Å². The first-order chi connectivity index (χ1) is 14.8. The number of carbonyl (C=O) groups is 1. The minimum Gasteiger partial charge on any atom is -0.491 e. The van der Waals surface area contributed by atoms with Gasteiger partial charge in [-0.3, -0.25) is 15.5 Å². The SMILES string of the molecule is N=C(NCCCCc1ccccc1OCC(O)CO)NC(=O)c1nc(Cl)c(N)nc1N. The van der Waals surface area contributed by atoms with Crippen molar-refractivity contribution in [3.63, 3.8) is 0 Å². The third-order valence-electron chi connectivity index (χ3n) is 4.15. The number of aryl methyl sites for hydroxylation is 1. The van der Waals surface area contributed by atoms with E-state index in [1.165, 1.54) is 0 Å². The number of nitrogens with two attached hydrogens (primary N) is 2. The number of nitrogens with zero attached hydrogens (tertiary/aromatic N) is 2. The zero-order valence-electron chi connectivity index (χ0n) is 16.8. The van der Waals surface area contributed by atoms with Gasteiger partial charge in [0.15, 0.2) is 28.4 Å². The number of aromatic nitrogens is 2. The number of rotatable bonds is 10. The van der Waals surface area contributed by atoms with Crippen LogP contribution in [0, 0.1) is 5.41 Å². The number of benzene rings is 1. The van der Waals surface area contributed by atoms with Crippen LogP contribution in [0.3, 0.4) is 0 Å². The van der Waals surface area contributed by atoms with Gasteiger partial charge >= 0.3 is 0 Å². The van der Waals surface area contributed by atoms with Crippen LogP contribution in [-0.2, 0) is 6.42 Å². The Balaban J connectivity index is 1.74. The van der Waals surface area contributed by atoms with Gasteiger partial charge in [-0.15, -0.1) is 0 Å². The predicted molar refractivity (Wildman–Crippen MR) is 117 cm³/mol. The molecule has 0 spiro atoms. The van der Waals surface area contributed by atoms with Crippen molar-refractivity contribution in [3.05, 3.63) is 40.7 Å². The lowest BCUT2D eigenvalue weighted by Crippen LogP contribution is -2.41. The van der Waals surface area contributed by atoms with Crippen LogP contribution in [-0.4, -0.2) is 57.9 Å². The van der Waals surface area contributed by atoms with Crippen molar-refractivity contribution in [1.29, 1.82) is 5.41 Å². The highest BCUT2D eigenvalue weighted by Gasteiger charge is 2.17. The summed E-state index contributed by atoms with van der Waals surface area (Å²) < 4.78 is 5.55. The number of aliphatic hydroxyl groups excluding tert-OH is 2. The molecule has 0 fully saturated rings. The summed E-state index contributed by atoms with van der Waals surface area (Å²) in [5.41, 5.74) is 11.9. The van der Waals surface area contributed by atoms with Crippen molar-refractivity contribution in [2.45, 2.75) is 25.4 Å². The fraction of sp³-hybridized carbons (Fsp3) is 0.368. The summed E-state index contributed by atoms with van der Waals surface area (Å²) in [5, 5.41) is 31.1. The molecule has 0 bridgehead atoms. The molecule has 0 saturated carbocycles. The molecule has 2 rings (SSSR count). The van der Waals surface area contributed by atoms with Crippen molar-refractivity contribution in [2.24, 2.45) is 0 Å². The molecule has 0 radical (unpaired) electrons. The molecule has 168 valence electrons. The van der Waals surface area contributed by atoms with Crippen LogP contribution in [0.5, 0.6) is 5.75 Å². The van der Waals surface area contributed by atoms with Gasteiger partial charge in [-0.2, -0.15) is 0 Å². The van der Waals surface area contributed by atoms with Gasteiger partial charge < -0.3 is 31.7 Å². The topological polar surface area (TPSA) is 192 Å². The Kier molecular flexibility index (Phi) is 9.25. The van der Waals surface area contributed by atoms with E-state index in [0.717, 1.165) is 24.8 Å². The minimum atomic E-state index is -0.927. The highest BCUT2D eigenvalue weighted by molar-refractivity contribution is 6.31. The summed E-state index contributed by atoms with van der Waals surface area (Å²) in [6, 6.07) is 7.47. The second kappa shape index (κ2) is 11.9. The molecule has 0 aliphatic carbocycles. The summed E-state index contributed by atoms with van der Waals surface area (Å²) in [5.74, 6) is -0.537. The maximum absolute atomic E-state index is 12.2. The van der Waals surface area contributed by atoms with E-state index in [0.29, 0.717) is 12.3 Å². The van der Waals surface area contributed by atoms with Crippen LogP contribution in [0.25, 0.3) is 0 Å². The number of aliphatic hydroxyl groups is 2. The van der Waals surface area contributed by atoms with E-state index in [1.807, 2.05) is 18.2 Å². The van der Waals surface area contributed by atoms with E-state index >= 15 is 0 Å². The second-order valence-corrected chi connectivity index (χ2v) is 6.96. The molecule has 0 saturated heterocycles. The van der Waals surface area contributed by atoms with E-state index < -0.39 is 12.0 Å². The average molecular weight is 452 g/mol. The molecule has 1 aromatic heterocycles. The third kappa shape index (κ3) is 7.55. The van der Waals surface area contributed by atoms with Gasteiger partial charge in [-0.25, -0.2) is 9.97 Å². The van der Waals surface area contributed by atoms with Gasteiger partial charge in [0.05, 0.1) is 6.61 Å². The quantitative estimate of drug-likeness (QED) is 0.151. The van der Waals surface area contributed by atoms with E-state index in [2.05, 4.69) is 20.6 Å². The molecule has 1 heterocycles. The summed E-state index contributed by atoms with van der Waals surface area (Å²) in [6.07, 6.45) is 1.32. The highest BCUT2D eigenvalue weighted by Crippen LogP contribution is 2.20. The van der Waals surface area contributed by atoms with Crippen LogP contribution in [0.15, 0.2) is 24.3 Å². The molecular formula is C19H26ClN7O4. The molecule has 11 nitrogen and oxygen atoms in total. The molecule has 1 aromatic carbocycles. The average Bonchev–Trinajstić information content (AvgIpc) is 2.74. The van der Waals surface area contributed by atoms with E-state index in [-0.39, 0.29) is 41.7 Å². The van der Waals surface area contributed by atoms with E-state index in [1.54, 1.807) is 6.07 Å². The second-order valence-electron chi connectivity index (χ2n) is 6.60. The summed E-state index contributed by atoms with van der Waals surface area (Å²) >= 11 is 5.75. The van der Waals surface area contributed by atoms with Crippen molar-refractivity contribution in [3.8, 4) is 5.75 Å². The molecule has 0 aliphatic heterocycles. The molecule has 1 atom stereocenters. The Labute approximate surface area is 184 Å². The lowest BCUT2D eigenvalue weighted by atomic mass is 10.1. The molecular weight excluding hydrogens is 426 g/mol. The largest absolute Gasteiger partial charge is 0.491 e. The van der Waals surface area contributed by atoms with Gasteiger partial charge in [0.1, 0.15) is 18.5 Å².